The third kappa shape index (κ3) is 5.67. The van der Waals surface area contributed by atoms with Crippen LogP contribution in [0.1, 0.15) is 26.3 Å². The van der Waals surface area contributed by atoms with Gasteiger partial charge in [0.2, 0.25) is 0 Å². The molecule has 3 aromatic heterocycles. The molecule has 8 aromatic rings. The van der Waals surface area contributed by atoms with Crippen LogP contribution >= 0.6 is 0 Å². The van der Waals surface area contributed by atoms with Crippen molar-refractivity contribution in [3.05, 3.63) is 145 Å². The van der Waals surface area contributed by atoms with Crippen molar-refractivity contribution in [2.24, 2.45) is 0 Å². The van der Waals surface area contributed by atoms with Crippen LogP contribution in [0, 0.1) is 12.1 Å². The number of para-hydroxylation sites is 1. The van der Waals surface area contributed by atoms with Crippen LogP contribution in [0.2, 0.25) is 0 Å². The van der Waals surface area contributed by atoms with Gasteiger partial charge in [-0.2, -0.15) is 0 Å². The molecule has 5 aromatic carbocycles. The van der Waals surface area contributed by atoms with Crippen molar-refractivity contribution >= 4 is 43.5 Å². The van der Waals surface area contributed by atoms with E-state index in [-0.39, 0.29) is 25.5 Å². The molecule has 4 heteroatoms. The Labute approximate surface area is 271 Å². The molecule has 0 saturated heterocycles. The maximum atomic E-state index is 5.97. The standard InChI is InChI=1S/C23H20N.C17H10NO.Ir/c1-23(2,3)19-12-13-24-22(15-19)18-11-10-17-9-8-16-6-4-5-7-20(16)21(17)14-18;1-2-10-16-12(6-1)13-7-5-8-14(17(13)19-16)15-9-3-4-11-18-15;/h4-10,12-15H,1-3H3;1-7,9-11H;/q2*-1;. The van der Waals surface area contributed by atoms with E-state index >= 15 is 0 Å². The quantitative estimate of drug-likeness (QED) is 0.131. The summed E-state index contributed by atoms with van der Waals surface area (Å²) in [5, 5.41) is 7.24. The average Bonchev–Trinajstić information content (AvgIpc) is 3.44. The zero-order valence-corrected chi connectivity index (χ0v) is 27.2. The zero-order chi connectivity index (χ0) is 29.4. The molecule has 0 N–H and O–H groups in total. The van der Waals surface area contributed by atoms with E-state index in [0.29, 0.717) is 0 Å². The van der Waals surface area contributed by atoms with Crippen molar-refractivity contribution < 1.29 is 24.5 Å². The maximum Gasteiger partial charge on any atom is 0.120 e. The number of benzene rings is 5. The fourth-order valence-corrected chi connectivity index (χ4v) is 5.52. The van der Waals surface area contributed by atoms with E-state index in [0.717, 1.165) is 44.5 Å². The van der Waals surface area contributed by atoms with Gasteiger partial charge in [0, 0.05) is 37.9 Å². The molecule has 0 unspecified atom stereocenters. The Morgan fingerprint density at radius 1 is 0.614 bits per heavy atom. The summed E-state index contributed by atoms with van der Waals surface area (Å²) in [5.74, 6) is 0. The summed E-state index contributed by atoms with van der Waals surface area (Å²) in [6.07, 6.45) is 3.68. The molecule has 0 fully saturated rings. The third-order valence-corrected chi connectivity index (χ3v) is 7.84. The normalized spacial score (nSPS) is 11.3. The zero-order valence-electron chi connectivity index (χ0n) is 24.8. The van der Waals surface area contributed by atoms with Crippen molar-refractivity contribution in [3.63, 3.8) is 0 Å². The van der Waals surface area contributed by atoms with Gasteiger partial charge in [0.15, 0.2) is 0 Å². The Kier molecular flexibility index (Phi) is 8.14. The predicted octanol–water partition coefficient (Wildman–Crippen LogP) is 10.6. The van der Waals surface area contributed by atoms with E-state index < -0.39 is 0 Å². The van der Waals surface area contributed by atoms with Crippen LogP contribution in [0.15, 0.2) is 132 Å². The van der Waals surface area contributed by atoms with E-state index in [4.69, 9.17) is 4.42 Å². The predicted molar refractivity (Wildman–Crippen MR) is 178 cm³/mol. The number of nitrogens with zero attached hydrogens (tertiary/aromatic N) is 2. The van der Waals surface area contributed by atoms with E-state index in [9.17, 15) is 0 Å². The number of aromatic nitrogens is 2. The van der Waals surface area contributed by atoms with Crippen LogP contribution in [0.25, 0.3) is 66.0 Å². The van der Waals surface area contributed by atoms with Gasteiger partial charge in [-0.15, -0.1) is 42.0 Å². The van der Waals surface area contributed by atoms with Gasteiger partial charge in [0.05, 0.1) is 5.58 Å². The molecule has 0 aliphatic heterocycles. The van der Waals surface area contributed by atoms with E-state index in [2.05, 4.69) is 110 Å². The van der Waals surface area contributed by atoms with Crippen molar-refractivity contribution in [1.82, 2.24) is 9.97 Å². The van der Waals surface area contributed by atoms with Crippen molar-refractivity contribution in [2.45, 2.75) is 26.2 Å². The first-order valence-electron chi connectivity index (χ1n) is 14.5. The van der Waals surface area contributed by atoms with Crippen LogP contribution < -0.4 is 0 Å². The average molecular weight is 747 g/mol. The molecule has 0 bridgehead atoms. The molecular weight excluding hydrogens is 717 g/mol. The number of furan rings is 1. The van der Waals surface area contributed by atoms with Crippen LogP contribution in [0.4, 0.5) is 0 Å². The summed E-state index contributed by atoms with van der Waals surface area (Å²) >= 11 is 0. The molecule has 217 valence electrons. The summed E-state index contributed by atoms with van der Waals surface area (Å²) in [6, 6.07) is 45.9. The monoisotopic (exact) mass is 747 g/mol. The molecule has 1 radical (unpaired) electrons. The van der Waals surface area contributed by atoms with Crippen LogP contribution in [-0.4, -0.2) is 9.97 Å². The number of hydrogen-bond donors (Lipinski definition) is 0. The van der Waals surface area contributed by atoms with E-state index in [1.165, 1.54) is 27.1 Å². The molecule has 44 heavy (non-hydrogen) atoms. The number of rotatable bonds is 2. The molecule has 0 amide bonds. The summed E-state index contributed by atoms with van der Waals surface area (Å²) in [7, 11) is 0. The third-order valence-electron chi connectivity index (χ3n) is 7.84. The molecule has 8 rings (SSSR count). The Balaban J connectivity index is 0.000000156. The second-order valence-corrected chi connectivity index (χ2v) is 11.7. The molecule has 0 aliphatic carbocycles. The van der Waals surface area contributed by atoms with Crippen LogP contribution in [0.3, 0.4) is 0 Å². The molecule has 0 spiro atoms. The molecule has 0 saturated carbocycles. The first-order chi connectivity index (χ1) is 21.0. The molecule has 0 aliphatic rings. The van der Waals surface area contributed by atoms with Gasteiger partial charge in [0.25, 0.3) is 0 Å². The Morgan fingerprint density at radius 3 is 2.18 bits per heavy atom. The smallest absolute Gasteiger partial charge is 0.120 e. The minimum absolute atomic E-state index is 0. The Bertz CT molecular complexity index is 2230. The summed E-state index contributed by atoms with van der Waals surface area (Å²) in [4.78, 5) is 8.96. The van der Waals surface area contributed by atoms with Crippen LogP contribution in [0.5, 0.6) is 0 Å². The molecule has 3 heterocycles. The van der Waals surface area contributed by atoms with Crippen molar-refractivity contribution in [2.75, 3.05) is 0 Å². The second kappa shape index (κ2) is 12.2. The Morgan fingerprint density at radius 2 is 1.36 bits per heavy atom. The fraction of sp³-hybridized carbons (Fsp3) is 0.100. The fourth-order valence-electron chi connectivity index (χ4n) is 5.52. The minimum atomic E-state index is 0. The number of pyridine rings is 2. The van der Waals surface area contributed by atoms with Gasteiger partial charge in [-0.05, 0) is 51.3 Å². The largest absolute Gasteiger partial charge is 0.501 e. The van der Waals surface area contributed by atoms with Crippen LogP contribution in [-0.2, 0) is 25.5 Å². The van der Waals surface area contributed by atoms with Gasteiger partial charge in [-0.1, -0.05) is 115 Å². The minimum Gasteiger partial charge on any atom is -0.501 e. The molecular formula is C40H30IrN2O-2. The van der Waals surface area contributed by atoms with Crippen molar-refractivity contribution in [1.29, 1.82) is 0 Å². The number of hydrogen-bond acceptors (Lipinski definition) is 3. The van der Waals surface area contributed by atoms with Gasteiger partial charge in [-0.25, -0.2) is 0 Å². The first kappa shape index (κ1) is 29.4. The number of fused-ring (bicyclic) bond motifs is 6. The SMILES string of the molecule is CC(C)(C)c1ccnc(-c2[c-]cc3ccc4ccccc4c3c2)c1.[Ir].[c-]1ccc2c(oc3ccccc32)c1-c1ccccn1. The topological polar surface area (TPSA) is 38.9 Å². The van der Waals surface area contributed by atoms with E-state index in [1.807, 2.05) is 54.7 Å². The van der Waals surface area contributed by atoms with Gasteiger partial charge < -0.3 is 14.4 Å². The molecule has 3 nitrogen and oxygen atoms in total. The first-order valence-corrected chi connectivity index (χ1v) is 14.5. The van der Waals surface area contributed by atoms with Gasteiger partial charge >= 0.3 is 0 Å². The maximum absolute atomic E-state index is 5.97. The van der Waals surface area contributed by atoms with E-state index in [1.54, 1.807) is 6.20 Å². The Hall–Kier alpha value is -4.63. The van der Waals surface area contributed by atoms with Crippen molar-refractivity contribution in [3.8, 4) is 22.5 Å². The second-order valence-electron chi connectivity index (χ2n) is 11.7. The summed E-state index contributed by atoms with van der Waals surface area (Å²) in [6.45, 7) is 6.68. The summed E-state index contributed by atoms with van der Waals surface area (Å²) < 4.78 is 5.97. The van der Waals surface area contributed by atoms with Gasteiger partial charge in [0.1, 0.15) is 5.58 Å². The molecule has 0 atom stereocenters. The van der Waals surface area contributed by atoms with Gasteiger partial charge in [-0.3, -0.25) is 0 Å². The summed E-state index contributed by atoms with van der Waals surface area (Å²) in [5.41, 5.74) is 6.97.